The molecule has 0 saturated carbocycles. The number of aryl methyl sites for hydroxylation is 1. The quantitative estimate of drug-likeness (QED) is 0.862. The van der Waals surface area contributed by atoms with Crippen LogP contribution in [0.5, 0.6) is 0 Å². The van der Waals surface area contributed by atoms with E-state index in [1.54, 1.807) is 6.07 Å². The molecular weight excluding hydrogens is 240 g/mol. The molecule has 98 valence electrons. The third-order valence-electron chi connectivity index (χ3n) is 2.82. The SMILES string of the molecule is Cc1ccc(CNCc2cc(C(=O)O)ccn2)cc1. The lowest BCUT2D eigenvalue weighted by Gasteiger charge is -2.05. The zero-order valence-electron chi connectivity index (χ0n) is 10.8. The van der Waals surface area contributed by atoms with Crippen LogP contribution in [0, 0.1) is 6.92 Å². The fraction of sp³-hybridized carbons (Fsp3) is 0.200. The van der Waals surface area contributed by atoms with Crippen LogP contribution in [0.4, 0.5) is 0 Å². The number of aromatic nitrogens is 1. The minimum Gasteiger partial charge on any atom is -0.478 e. The molecule has 2 aromatic rings. The Morgan fingerprint density at radius 1 is 1.21 bits per heavy atom. The van der Waals surface area contributed by atoms with Crippen molar-refractivity contribution in [1.29, 1.82) is 0 Å². The van der Waals surface area contributed by atoms with Gasteiger partial charge in [0.1, 0.15) is 0 Å². The summed E-state index contributed by atoms with van der Waals surface area (Å²) in [6.45, 7) is 3.34. The van der Waals surface area contributed by atoms with Crippen LogP contribution in [0.2, 0.25) is 0 Å². The summed E-state index contributed by atoms with van der Waals surface area (Å²) in [6, 6.07) is 11.4. The van der Waals surface area contributed by atoms with Gasteiger partial charge >= 0.3 is 5.97 Å². The highest BCUT2D eigenvalue weighted by Gasteiger charge is 2.03. The molecule has 0 saturated heterocycles. The number of aromatic carboxylic acids is 1. The second kappa shape index (κ2) is 6.11. The normalized spacial score (nSPS) is 10.4. The Morgan fingerprint density at radius 2 is 1.95 bits per heavy atom. The number of nitrogens with one attached hydrogen (secondary N) is 1. The first kappa shape index (κ1) is 13.2. The van der Waals surface area contributed by atoms with Crippen molar-refractivity contribution in [3.63, 3.8) is 0 Å². The lowest BCUT2D eigenvalue weighted by Crippen LogP contribution is -2.14. The Labute approximate surface area is 112 Å². The van der Waals surface area contributed by atoms with Gasteiger partial charge in [-0.2, -0.15) is 0 Å². The first-order chi connectivity index (χ1) is 9.15. The smallest absolute Gasteiger partial charge is 0.335 e. The molecule has 1 heterocycles. The number of hydrogen-bond donors (Lipinski definition) is 2. The zero-order chi connectivity index (χ0) is 13.7. The molecule has 4 heteroatoms. The van der Waals surface area contributed by atoms with Gasteiger partial charge in [-0.05, 0) is 24.6 Å². The van der Waals surface area contributed by atoms with Crippen molar-refractivity contribution >= 4 is 5.97 Å². The maximum atomic E-state index is 10.8. The lowest BCUT2D eigenvalue weighted by molar-refractivity contribution is 0.0696. The molecule has 0 bridgehead atoms. The molecule has 0 aliphatic heterocycles. The van der Waals surface area contributed by atoms with E-state index in [4.69, 9.17) is 5.11 Å². The maximum Gasteiger partial charge on any atom is 0.335 e. The molecule has 2 N–H and O–H groups in total. The summed E-state index contributed by atoms with van der Waals surface area (Å²) in [7, 11) is 0. The van der Waals surface area contributed by atoms with Gasteiger partial charge in [0.2, 0.25) is 0 Å². The van der Waals surface area contributed by atoms with Crippen molar-refractivity contribution < 1.29 is 9.90 Å². The molecule has 1 aromatic carbocycles. The number of carboxylic acids is 1. The third-order valence-corrected chi connectivity index (χ3v) is 2.82. The van der Waals surface area contributed by atoms with Gasteiger partial charge in [-0.25, -0.2) is 4.79 Å². The van der Waals surface area contributed by atoms with Crippen molar-refractivity contribution in [1.82, 2.24) is 10.3 Å². The van der Waals surface area contributed by atoms with E-state index in [1.807, 2.05) is 0 Å². The minimum absolute atomic E-state index is 0.266. The Bertz CT molecular complexity index is 565. The van der Waals surface area contributed by atoms with E-state index in [0.29, 0.717) is 6.54 Å². The Morgan fingerprint density at radius 3 is 2.63 bits per heavy atom. The molecule has 0 aliphatic carbocycles. The Balaban J connectivity index is 1.90. The number of benzene rings is 1. The highest BCUT2D eigenvalue weighted by molar-refractivity contribution is 5.87. The van der Waals surface area contributed by atoms with Gasteiger partial charge in [0.15, 0.2) is 0 Å². The van der Waals surface area contributed by atoms with Crippen LogP contribution >= 0.6 is 0 Å². The van der Waals surface area contributed by atoms with Crippen molar-refractivity contribution in [3.05, 3.63) is 65.0 Å². The van der Waals surface area contributed by atoms with Crippen LogP contribution in [-0.2, 0) is 13.1 Å². The lowest BCUT2D eigenvalue weighted by atomic mass is 10.1. The van der Waals surface area contributed by atoms with Crippen molar-refractivity contribution in [3.8, 4) is 0 Å². The predicted molar refractivity (Wildman–Crippen MR) is 72.9 cm³/mol. The molecule has 0 atom stereocenters. The monoisotopic (exact) mass is 256 g/mol. The van der Waals surface area contributed by atoms with E-state index in [1.165, 1.54) is 23.4 Å². The van der Waals surface area contributed by atoms with Crippen LogP contribution in [-0.4, -0.2) is 16.1 Å². The molecule has 1 aromatic heterocycles. The molecule has 0 aliphatic rings. The van der Waals surface area contributed by atoms with Gasteiger partial charge in [0.25, 0.3) is 0 Å². The van der Waals surface area contributed by atoms with Gasteiger partial charge in [0.05, 0.1) is 11.3 Å². The second-order valence-electron chi connectivity index (χ2n) is 4.43. The average Bonchev–Trinajstić information content (AvgIpc) is 2.41. The van der Waals surface area contributed by atoms with E-state index >= 15 is 0 Å². The van der Waals surface area contributed by atoms with Gasteiger partial charge in [0, 0.05) is 19.3 Å². The van der Waals surface area contributed by atoms with Crippen LogP contribution in [0.3, 0.4) is 0 Å². The number of pyridine rings is 1. The molecule has 4 nitrogen and oxygen atoms in total. The van der Waals surface area contributed by atoms with Gasteiger partial charge in [-0.15, -0.1) is 0 Å². The molecule has 19 heavy (non-hydrogen) atoms. The maximum absolute atomic E-state index is 10.8. The first-order valence-corrected chi connectivity index (χ1v) is 6.09. The summed E-state index contributed by atoms with van der Waals surface area (Å²) >= 11 is 0. The first-order valence-electron chi connectivity index (χ1n) is 6.09. The highest BCUT2D eigenvalue weighted by Crippen LogP contribution is 2.04. The average molecular weight is 256 g/mol. The Hall–Kier alpha value is -2.20. The van der Waals surface area contributed by atoms with E-state index < -0.39 is 5.97 Å². The van der Waals surface area contributed by atoms with Crippen LogP contribution < -0.4 is 5.32 Å². The van der Waals surface area contributed by atoms with E-state index in [2.05, 4.69) is 41.5 Å². The van der Waals surface area contributed by atoms with Crippen LogP contribution in [0.1, 0.15) is 27.2 Å². The number of rotatable bonds is 5. The standard InChI is InChI=1S/C15H16N2O2/c1-11-2-4-12(5-3-11)9-16-10-14-8-13(15(18)19)6-7-17-14/h2-8,16H,9-10H2,1H3,(H,18,19). The third kappa shape index (κ3) is 3.89. The zero-order valence-corrected chi connectivity index (χ0v) is 10.8. The van der Waals surface area contributed by atoms with Gasteiger partial charge in [-0.3, -0.25) is 4.98 Å². The summed E-state index contributed by atoms with van der Waals surface area (Å²) in [6.07, 6.45) is 1.52. The molecular formula is C15H16N2O2. The predicted octanol–water partition coefficient (Wildman–Crippen LogP) is 2.38. The summed E-state index contributed by atoms with van der Waals surface area (Å²) in [4.78, 5) is 15.0. The second-order valence-corrected chi connectivity index (χ2v) is 4.43. The van der Waals surface area contributed by atoms with Gasteiger partial charge < -0.3 is 10.4 Å². The topological polar surface area (TPSA) is 62.2 Å². The molecule has 0 spiro atoms. The van der Waals surface area contributed by atoms with E-state index in [-0.39, 0.29) is 5.56 Å². The fourth-order valence-electron chi connectivity index (χ4n) is 1.75. The molecule has 0 radical (unpaired) electrons. The molecule has 2 rings (SSSR count). The summed E-state index contributed by atoms with van der Waals surface area (Å²) in [5.41, 5.74) is 3.42. The molecule has 0 unspecified atom stereocenters. The Kier molecular flexibility index (Phi) is 4.26. The van der Waals surface area contributed by atoms with Crippen molar-refractivity contribution in [2.45, 2.75) is 20.0 Å². The van der Waals surface area contributed by atoms with E-state index in [0.717, 1.165) is 12.2 Å². The largest absolute Gasteiger partial charge is 0.478 e. The highest BCUT2D eigenvalue weighted by atomic mass is 16.4. The van der Waals surface area contributed by atoms with Gasteiger partial charge in [-0.1, -0.05) is 29.8 Å². The number of nitrogens with zero attached hydrogens (tertiary/aromatic N) is 1. The number of carbonyl (C=O) groups is 1. The van der Waals surface area contributed by atoms with E-state index in [9.17, 15) is 4.79 Å². The summed E-state index contributed by atoms with van der Waals surface area (Å²) in [5, 5.41) is 12.1. The molecule has 0 fully saturated rings. The summed E-state index contributed by atoms with van der Waals surface area (Å²) in [5.74, 6) is -0.929. The summed E-state index contributed by atoms with van der Waals surface area (Å²) < 4.78 is 0. The number of carboxylic acid groups (broad SMARTS) is 1. The minimum atomic E-state index is -0.929. The fourth-order valence-corrected chi connectivity index (χ4v) is 1.75. The molecule has 0 amide bonds. The van der Waals surface area contributed by atoms with Crippen LogP contribution in [0.15, 0.2) is 42.6 Å². The van der Waals surface area contributed by atoms with Crippen molar-refractivity contribution in [2.24, 2.45) is 0 Å². The van der Waals surface area contributed by atoms with Crippen LogP contribution in [0.25, 0.3) is 0 Å². The number of hydrogen-bond acceptors (Lipinski definition) is 3. The van der Waals surface area contributed by atoms with Crippen molar-refractivity contribution in [2.75, 3.05) is 0 Å².